The van der Waals surface area contributed by atoms with Gasteiger partial charge in [-0.3, -0.25) is 4.68 Å². The molecule has 1 atom stereocenters. The van der Waals surface area contributed by atoms with Gasteiger partial charge in [0, 0.05) is 31.4 Å². The minimum Gasteiger partial charge on any atom is -0.385 e. The second-order valence-corrected chi connectivity index (χ2v) is 4.30. The molecule has 0 fully saturated rings. The van der Waals surface area contributed by atoms with Crippen LogP contribution >= 0.6 is 0 Å². The van der Waals surface area contributed by atoms with Gasteiger partial charge in [0.25, 0.3) is 0 Å². The maximum absolute atomic E-state index is 4.26. The number of para-hydroxylation sites is 1. The molecule has 1 aliphatic rings. The zero-order valence-corrected chi connectivity index (χ0v) is 9.35. The van der Waals surface area contributed by atoms with Gasteiger partial charge in [0.15, 0.2) is 0 Å². The van der Waals surface area contributed by atoms with Gasteiger partial charge in [-0.05, 0) is 23.6 Å². The van der Waals surface area contributed by atoms with Crippen molar-refractivity contribution in [3.8, 4) is 0 Å². The first kappa shape index (κ1) is 9.46. The molecule has 1 N–H and O–H groups in total. The van der Waals surface area contributed by atoms with Gasteiger partial charge >= 0.3 is 0 Å². The lowest BCUT2D eigenvalue weighted by Crippen LogP contribution is -2.17. The molecule has 1 aromatic carbocycles. The second-order valence-electron chi connectivity index (χ2n) is 4.30. The SMILES string of the molecule is Cn1cc(C2CCNc3ccccc32)cn1. The maximum Gasteiger partial charge on any atom is 0.0527 e. The van der Waals surface area contributed by atoms with Gasteiger partial charge < -0.3 is 5.32 Å². The molecule has 0 saturated carbocycles. The molecule has 1 aliphatic heterocycles. The molecule has 82 valence electrons. The van der Waals surface area contributed by atoms with Crippen molar-refractivity contribution < 1.29 is 0 Å². The summed E-state index contributed by atoms with van der Waals surface area (Å²) in [5.41, 5.74) is 3.97. The van der Waals surface area contributed by atoms with E-state index in [0.29, 0.717) is 5.92 Å². The smallest absolute Gasteiger partial charge is 0.0527 e. The predicted octanol–water partition coefficient (Wildman–Crippen LogP) is 2.37. The molecule has 3 nitrogen and oxygen atoms in total. The summed E-state index contributed by atoms with van der Waals surface area (Å²) in [4.78, 5) is 0. The van der Waals surface area contributed by atoms with E-state index in [9.17, 15) is 0 Å². The van der Waals surface area contributed by atoms with E-state index in [2.05, 4.69) is 40.9 Å². The Hall–Kier alpha value is -1.77. The maximum atomic E-state index is 4.26. The molecule has 0 radical (unpaired) electrons. The van der Waals surface area contributed by atoms with E-state index in [1.54, 1.807) is 0 Å². The Kier molecular flexibility index (Phi) is 2.17. The van der Waals surface area contributed by atoms with Crippen molar-refractivity contribution in [3.63, 3.8) is 0 Å². The average Bonchev–Trinajstić information content (AvgIpc) is 2.75. The van der Waals surface area contributed by atoms with E-state index in [1.807, 2.05) is 17.9 Å². The molecule has 0 spiro atoms. The largest absolute Gasteiger partial charge is 0.385 e. The van der Waals surface area contributed by atoms with Crippen molar-refractivity contribution in [3.05, 3.63) is 47.8 Å². The highest BCUT2D eigenvalue weighted by molar-refractivity contribution is 5.56. The highest BCUT2D eigenvalue weighted by atomic mass is 15.2. The fourth-order valence-corrected chi connectivity index (χ4v) is 2.43. The summed E-state index contributed by atoms with van der Waals surface area (Å²) in [5.74, 6) is 0.492. The van der Waals surface area contributed by atoms with E-state index in [0.717, 1.165) is 13.0 Å². The Bertz CT molecular complexity index is 501. The van der Waals surface area contributed by atoms with Crippen LogP contribution < -0.4 is 5.32 Å². The van der Waals surface area contributed by atoms with Gasteiger partial charge in [0.1, 0.15) is 0 Å². The minimum atomic E-state index is 0.492. The molecular formula is C13H15N3. The van der Waals surface area contributed by atoms with E-state index in [4.69, 9.17) is 0 Å². The normalized spacial score (nSPS) is 18.9. The van der Waals surface area contributed by atoms with Crippen molar-refractivity contribution in [2.45, 2.75) is 12.3 Å². The number of hydrogen-bond acceptors (Lipinski definition) is 2. The molecular weight excluding hydrogens is 198 g/mol. The van der Waals surface area contributed by atoms with Crippen LogP contribution in [0.4, 0.5) is 5.69 Å². The highest BCUT2D eigenvalue weighted by Crippen LogP contribution is 2.35. The fourth-order valence-electron chi connectivity index (χ4n) is 2.43. The van der Waals surface area contributed by atoms with Gasteiger partial charge in [-0.2, -0.15) is 5.10 Å². The third kappa shape index (κ3) is 1.48. The standard InChI is InChI=1S/C13H15N3/c1-16-9-10(8-15-16)11-6-7-14-13-5-3-2-4-12(11)13/h2-5,8-9,11,14H,6-7H2,1H3. The lowest BCUT2D eigenvalue weighted by atomic mass is 9.87. The molecule has 0 amide bonds. The molecule has 3 heteroatoms. The summed E-state index contributed by atoms with van der Waals surface area (Å²) >= 11 is 0. The molecule has 2 heterocycles. The Morgan fingerprint density at radius 2 is 2.25 bits per heavy atom. The van der Waals surface area contributed by atoms with Crippen LogP contribution in [0.5, 0.6) is 0 Å². The van der Waals surface area contributed by atoms with Gasteiger partial charge in [0.2, 0.25) is 0 Å². The molecule has 1 unspecified atom stereocenters. The lowest BCUT2D eigenvalue weighted by Gasteiger charge is -2.25. The molecule has 0 saturated heterocycles. The van der Waals surface area contributed by atoms with Crippen LogP contribution in [0.25, 0.3) is 0 Å². The van der Waals surface area contributed by atoms with Crippen molar-refractivity contribution in [1.29, 1.82) is 0 Å². The van der Waals surface area contributed by atoms with Crippen molar-refractivity contribution in [1.82, 2.24) is 9.78 Å². The lowest BCUT2D eigenvalue weighted by molar-refractivity contribution is 0.716. The van der Waals surface area contributed by atoms with Gasteiger partial charge in [-0.1, -0.05) is 18.2 Å². The van der Waals surface area contributed by atoms with Crippen molar-refractivity contribution >= 4 is 5.69 Å². The average molecular weight is 213 g/mol. The van der Waals surface area contributed by atoms with Crippen LogP contribution in [0.15, 0.2) is 36.7 Å². The van der Waals surface area contributed by atoms with Crippen LogP contribution in [-0.2, 0) is 7.05 Å². The summed E-state index contributed by atoms with van der Waals surface area (Å²) in [6.07, 6.45) is 5.24. The Morgan fingerprint density at radius 3 is 3.06 bits per heavy atom. The number of benzene rings is 1. The zero-order chi connectivity index (χ0) is 11.0. The number of hydrogen-bond donors (Lipinski definition) is 1. The summed E-state index contributed by atoms with van der Waals surface area (Å²) in [7, 11) is 1.97. The number of nitrogens with one attached hydrogen (secondary N) is 1. The number of fused-ring (bicyclic) bond motifs is 1. The van der Waals surface area contributed by atoms with Gasteiger partial charge in [-0.15, -0.1) is 0 Å². The first-order chi connectivity index (χ1) is 7.84. The third-order valence-corrected chi connectivity index (χ3v) is 3.21. The number of aromatic nitrogens is 2. The van der Waals surface area contributed by atoms with E-state index in [-0.39, 0.29) is 0 Å². The van der Waals surface area contributed by atoms with Crippen LogP contribution in [0, 0.1) is 0 Å². The summed E-state index contributed by atoms with van der Waals surface area (Å²) in [5, 5.41) is 7.70. The van der Waals surface area contributed by atoms with E-state index < -0.39 is 0 Å². The van der Waals surface area contributed by atoms with Crippen molar-refractivity contribution in [2.75, 3.05) is 11.9 Å². The highest BCUT2D eigenvalue weighted by Gasteiger charge is 2.21. The van der Waals surface area contributed by atoms with E-state index in [1.165, 1.54) is 16.8 Å². The topological polar surface area (TPSA) is 29.9 Å². The molecule has 1 aromatic heterocycles. The fraction of sp³-hybridized carbons (Fsp3) is 0.308. The third-order valence-electron chi connectivity index (χ3n) is 3.21. The monoisotopic (exact) mass is 213 g/mol. The van der Waals surface area contributed by atoms with Gasteiger partial charge in [-0.25, -0.2) is 0 Å². The number of anilines is 1. The molecule has 0 bridgehead atoms. The summed E-state index contributed by atoms with van der Waals surface area (Å²) < 4.78 is 1.87. The number of nitrogens with zero attached hydrogens (tertiary/aromatic N) is 2. The van der Waals surface area contributed by atoms with Gasteiger partial charge in [0.05, 0.1) is 6.20 Å². The van der Waals surface area contributed by atoms with Crippen LogP contribution in [0.2, 0.25) is 0 Å². The zero-order valence-electron chi connectivity index (χ0n) is 9.35. The summed E-state index contributed by atoms with van der Waals surface area (Å²) in [6.45, 7) is 1.04. The van der Waals surface area contributed by atoms with E-state index >= 15 is 0 Å². The first-order valence-electron chi connectivity index (χ1n) is 5.66. The Balaban J connectivity index is 2.04. The Morgan fingerprint density at radius 1 is 1.38 bits per heavy atom. The quantitative estimate of drug-likeness (QED) is 0.788. The molecule has 16 heavy (non-hydrogen) atoms. The number of rotatable bonds is 1. The predicted molar refractivity (Wildman–Crippen MR) is 64.6 cm³/mol. The molecule has 3 rings (SSSR count). The Labute approximate surface area is 95.1 Å². The number of aryl methyl sites for hydroxylation is 1. The first-order valence-corrected chi connectivity index (χ1v) is 5.66. The minimum absolute atomic E-state index is 0.492. The van der Waals surface area contributed by atoms with Crippen LogP contribution in [0.1, 0.15) is 23.5 Å². The van der Waals surface area contributed by atoms with Crippen molar-refractivity contribution in [2.24, 2.45) is 7.05 Å². The molecule has 0 aliphatic carbocycles. The van der Waals surface area contributed by atoms with Crippen LogP contribution in [0.3, 0.4) is 0 Å². The second kappa shape index (κ2) is 3.67. The summed E-state index contributed by atoms with van der Waals surface area (Å²) in [6, 6.07) is 8.55. The molecule has 2 aromatic rings. The van der Waals surface area contributed by atoms with Crippen LogP contribution in [-0.4, -0.2) is 16.3 Å².